The van der Waals surface area contributed by atoms with Crippen molar-refractivity contribution in [3.05, 3.63) is 29.8 Å². The van der Waals surface area contributed by atoms with Crippen molar-refractivity contribution in [1.82, 2.24) is 0 Å². The normalized spacial score (nSPS) is 26.3. The van der Waals surface area contributed by atoms with Crippen molar-refractivity contribution in [3.63, 3.8) is 0 Å². The molecule has 0 amide bonds. The van der Waals surface area contributed by atoms with Gasteiger partial charge < -0.3 is 5.11 Å². The van der Waals surface area contributed by atoms with Gasteiger partial charge >= 0.3 is 0 Å². The van der Waals surface area contributed by atoms with Crippen molar-refractivity contribution in [3.8, 4) is 0 Å². The van der Waals surface area contributed by atoms with E-state index in [-0.39, 0.29) is 0 Å². The minimum Gasteiger partial charge on any atom is -0.396 e. The van der Waals surface area contributed by atoms with Crippen LogP contribution in [0.3, 0.4) is 0 Å². The smallest absolute Gasteiger partial charge is 0.0487 e. The largest absolute Gasteiger partial charge is 0.396 e. The maximum Gasteiger partial charge on any atom is 0.0487 e. The molecule has 0 bridgehead atoms. The number of hydrogen-bond donors (Lipinski definition) is 1. The van der Waals surface area contributed by atoms with Crippen molar-refractivity contribution in [1.29, 1.82) is 0 Å². The van der Waals surface area contributed by atoms with Gasteiger partial charge in [-0.2, -0.15) is 0 Å². The molecule has 1 saturated carbocycles. The van der Waals surface area contributed by atoms with E-state index >= 15 is 0 Å². The van der Waals surface area contributed by atoms with Crippen LogP contribution in [0.2, 0.25) is 0 Å². The first-order chi connectivity index (χ1) is 7.33. The summed E-state index contributed by atoms with van der Waals surface area (Å²) in [5.74, 6) is 1.89. The third kappa shape index (κ3) is 1.70. The molecule has 1 heterocycles. The number of rotatable bonds is 3. The molecule has 1 fully saturated rings. The Labute approximate surface area is 94.9 Å². The minimum absolute atomic E-state index is 0.294. The predicted octanol–water partition coefficient (Wildman–Crippen LogP) is 3.04. The highest BCUT2D eigenvalue weighted by Crippen LogP contribution is 2.54. The van der Waals surface area contributed by atoms with Gasteiger partial charge in [-0.25, -0.2) is 0 Å². The lowest BCUT2D eigenvalue weighted by Crippen LogP contribution is -2.12. The van der Waals surface area contributed by atoms with Crippen LogP contribution in [0.1, 0.15) is 30.7 Å². The predicted molar refractivity (Wildman–Crippen MR) is 63.3 cm³/mol. The van der Waals surface area contributed by atoms with E-state index in [9.17, 15) is 5.11 Å². The van der Waals surface area contributed by atoms with Crippen molar-refractivity contribution < 1.29 is 5.11 Å². The molecule has 1 aliphatic heterocycles. The van der Waals surface area contributed by atoms with Crippen LogP contribution in [-0.2, 0) is 0 Å². The van der Waals surface area contributed by atoms with Crippen LogP contribution >= 0.6 is 11.8 Å². The molecule has 1 nitrogen and oxygen atoms in total. The van der Waals surface area contributed by atoms with E-state index in [0.29, 0.717) is 17.9 Å². The van der Waals surface area contributed by atoms with Crippen LogP contribution in [0.25, 0.3) is 0 Å². The Balaban J connectivity index is 1.79. The maximum absolute atomic E-state index is 9.36. The standard InChI is InChI=1S/C13H16OS/c14-9-13(5-6-13)7-10-8-15-12-4-2-1-3-11(10)12/h1-4,10,14H,5-9H2. The molecule has 2 heteroatoms. The molecule has 1 unspecified atom stereocenters. The van der Waals surface area contributed by atoms with Gasteiger partial charge in [0.15, 0.2) is 0 Å². The molecule has 0 spiro atoms. The fraction of sp³-hybridized carbons (Fsp3) is 0.538. The van der Waals surface area contributed by atoms with Crippen LogP contribution in [0.15, 0.2) is 29.2 Å². The van der Waals surface area contributed by atoms with E-state index in [1.807, 2.05) is 11.8 Å². The minimum atomic E-state index is 0.294. The first kappa shape index (κ1) is 9.73. The summed E-state index contributed by atoms with van der Waals surface area (Å²) in [6.07, 6.45) is 3.65. The Morgan fingerprint density at radius 1 is 1.33 bits per heavy atom. The molecule has 2 aliphatic rings. The number of benzene rings is 1. The monoisotopic (exact) mass is 220 g/mol. The van der Waals surface area contributed by atoms with Gasteiger partial charge in [-0.15, -0.1) is 11.8 Å². The molecule has 1 aromatic rings. The van der Waals surface area contributed by atoms with Crippen molar-refractivity contribution in [2.45, 2.75) is 30.1 Å². The molecule has 1 N–H and O–H groups in total. The number of aliphatic hydroxyl groups excluding tert-OH is 1. The average molecular weight is 220 g/mol. The van der Waals surface area contributed by atoms with Gasteiger partial charge in [-0.3, -0.25) is 0 Å². The van der Waals surface area contributed by atoms with Gasteiger partial charge in [0.05, 0.1) is 0 Å². The van der Waals surface area contributed by atoms with Crippen LogP contribution in [0, 0.1) is 5.41 Å². The third-order valence-corrected chi connectivity index (χ3v) is 5.02. The summed E-state index contributed by atoms with van der Waals surface area (Å²) in [5.41, 5.74) is 1.81. The fourth-order valence-electron chi connectivity index (χ4n) is 2.52. The summed E-state index contributed by atoms with van der Waals surface area (Å²) in [6.45, 7) is 0.385. The molecule has 1 aromatic carbocycles. The zero-order chi connectivity index (χ0) is 10.3. The Bertz CT molecular complexity index is 371. The Hall–Kier alpha value is -0.470. The molecule has 80 valence electrons. The number of fused-ring (bicyclic) bond motifs is 1. The quantitative estimate of drug-likeness (QED) is 0.845. The lowest BCUT2D eigenvalue weighted by Gasteiger charge is -2.17. The summed E-state index contributed by atoms with van der Waals surface area (Å²) in [5, 5.41) is 9.36. The fourth-order valence-corrected chi connectivity index (χ4v) is 3.78. The zero-order valence-corrected chi connectivity index (χ0v) is 9.59. The zero-order valence-electron chi connectivity index (χ0n) is 8.78. The van der Waals surface area contributed by atoms with Gasteiger partial charge in [0.2, 0.25) is 0 Å². The van der Waals surface area contributed by atoms with Crippen LogP contribution < -0.4 is 0 Å². The van der Waals surface area contributed by atoms with Crippen molar-refractivity contribution in [2.75, 3.05) is 12.4 Å². The van der Waals surface area contributed by atoms with Gasteiger partial charge in [-0.1, -0.05) is 18.2 Å². The molecular weight excluding hydrogens is 204 g/mol. The molecule has 3 rings (SSSR count). The summed E-state index contributed by atoms with van der Waals surface area (Å²) in [7, 11) is 0. The number of hydrogen-bond acceptors (Lipinski definition) is 2. The van der Waals surface area contributed by atoms with E-state index in [1.165, 1.54) is 35.5 Å². The first-order valence-electron chi connectivity index (χ1n) is 5.66. The summed E-state index contributed by atoms with van der Waals surface area (Å²) < 4.78 is 0. The highest BCUT2D eigenvalue weighted by molar-refractivity contribution is 7.99. The lowest BCUT2D eigenvalue weighted by molar-refractivity contribution is 0.197. The lowest BCUT2D eigenvalue weighted by atomic mass is 9.89. The molecule has 0 aromatic heterocycles. The molecule has 1 aliphatic carbocycles. The molecule has 0 saturated heterocycles. The van der Waals surface area contributed by atoms with Gasteiger partial charge in [0.25, 0.3) is 0 Å². The van der Waals surface area contributed by atoms with E-state index in [1.54, 1.807) is 0 Å². The van der Waals surface area contributed by atoms with E-state index in [2.05, 4.69) is 24.3 Å². The SMILES string of the molecule is OCC1(CC2CSc3ccccc32)CC1. The van der Waals surface area contributed by atoms with Crippen molar-refractivity contribution >= 4 is 11.8 Å². The third-order valence-electron chi connectivity index (χ3n) is 3.77. The summed E-state index contributed by atoms with van der Waals surface area (Å²) >= 11 is 1.97. The van der Waals surface area contributed by atoms with Crippen LogP contribution in [0.5, 0.6) is 0 Å². The Morgan fingerprint density at radius 3 is 2.87 bits per heavy atom. The van der Waals surface area contributed by atoms with Gasteiger partial charge in [-0.05, 0) is 42.2 Å². The highest BCUT2D eigenvalue weighted by atomic mass is 32.2. The van der Waals surface area contributed by atoms with Crippen molar-refractivity contribution in [2.24, 2.45) is 5.41 Å². The molecule has 15 heavy (non-hydrogen) atoms. The summed E-state index contributed by atoms with van der Waals surface area (Å²) in [4.78, 5) is 1.45. The molecule has 1 atom stereocenters. The Kier molecular flexibility index (Phi) is 2.29. The highest BCUT2D eigenvalue weighted by Gasteiger charge is 2.44. The van der Waals surface area contributed by atoms with Gasteiger partial charge in [0.1, 0.15) is 0 Å². The van der Waals surface area contributed by atoms with Crippen LogP contribution in [-0.4, -0.2) is 17.5 Å². The van der Waals surface area contributed by atoms with E-state index in [4.69, 9.17) is 0 Å². The number of aliphatic hydroxyl groups is 1. The number of thioether (sulfide) groups is 1. The molecule has 0 radical (unpaired) electrons. The Morgan fingerprint density at radius 2 is 2.13 bits per heavy atom. The second-order valence-electron chi connectivity index (χ2n) is 4.91. The molecular formula is C13H16OS. The maximum atomic E-state index is 9.36. The van der Waals surface area contributed by atoms with Crippen LogP contribution in [0.4, 0.5) is 0 Å². The topological polar surface area (TPSA) is 20.2 Å². The average Bonchev–Trinajstić information content (AvgIpc) is 2.95. The second kappa shape index (κ2) is 3.53. The van der Waals surface area contributed by atoms with E-state index in [0.717, 1.165) is 0 Å². The second-order valence-corrected chi connectivity index (χ2v) is 5.97. The van der Waals surface area contributed by atoms with E-state index < -0.39 is 0 Å². The summed E-state index contributed by atoms with van der Waals surface area (Å²) in [6, 6.07) is 8.73. The first-order valence-corrected chi connectivity index (χ1v) is 6.64. The van der Waals surface area contributed by atoms with Gasteiger partial charge in [0, 0.05) is 17.3 Å².